The second kappa shape index (κ2) is 11.0. The fraction of sp³-hybridized carbons (Fsp3) is 0.400. The lowest BCUT2D eigenvalue weighted by Gasteiger charge is -2.30. The number of piperidine rings is 1. The molecule has 3 N–H and O–H groups in total. The van der Waals surface area contributed by atoms with Crippen molar-refractivity contribution in [3.05, 3.63) is 47.5 Å². The zero-order valence-electron chi connectivity index (χ0n) is 19.7. The van der Waals surface area contributed by atoms with Gasteiger partial charge in [-0.2, -0.15) is 0 Å². The largest absolute Gasteiger partial charge is 0.495 e. The average Bonchev–Trinajstić information content (AvgIpc) is 2.76. The number of likely N-dealkylation sites (tertiary alicyclic amines) is 1. The molecule has 0 unspecified atom stereocenters. The molecular weight excluding hydrogens is 420 g/mol. The third-order valence-corrected chi connectivity index (χ3v) is 5.89. The Hall–Kier alpha value is -3.39. The van der Waals surface area contributed by atoms with Crippen LogP contribution in [0.2, 0.25) is 0 Å². The second-order valence-corrected chi connectivity index (χ2v) is 8.48. The first kappa shape index (κ1) is 24.3. The van der Waals surface area contributed by atoms with Crippen molar-refractivity contribution < 1.29 is 19.1 Å². The SMILES string of the molecule is COc1ccc(NC(C)=O)cc1NC(=O)C1CCN(CC(=O)Nc2ccc(C)c(C)c2)CC1. The van der Waals surface area contributed by atoms with Gasteiger partial charge >= 0.3 is 0 Å². The number of amides is 3. The topological polar surface area (TPSA) is 99.8 Å². The number of nitrogens with zero attached hydrogens (tertiary/aromatic N) is 1. The van der Waals surface area contributed by atoms with E-state index in [1.165, 1.54) is 19.6 Å². The van der Waals surface area contributed by atoms with Gasteiger partial charge in [-0.15, -0.1) is 0 Å². The molecule has 1 heterocycles. The molecular formula is C25H32N4O4. The third-order valence-electron chi connectivity index (χ3n) is 5.89. The third kappa shape index (κ3) is 6.79. The minimum absolute atomic E-state index is 0.0549. The molecule has 8 heteroatoms. The first-order chi connectivity index (χ1) is 15.7. The van der Waals surface area contributed by atoms with Gasteiger partial charge in [0.2, 0.25) is 17.7 Å². The molecule has 0 atom stereocenters. The maximum absolute atomic E-state index is 12.8. The normalized spacial score (nSPS) is 14.4. The number of hydrogen-bond acceptors (Lipinski definition) is 5. The van der Waals surface area contributed by atoms with Gasteiger partial charge in [0.1, 0.15) is 5.75 Å². The van der Waals surface area contributed by atoms with Crippen molar-refractivity contribution in [2.24, 2.45) is 5.92 Å². The highest BCUT2D eigenvalue weighted by molar-refractivity contribution is 5.96. The molecule has 1 saturated heterocycles. The van der Waals surface area contributed by atoms with Crippen LogP contribution in [0, 0.1) is 19.8 Å². The Morgan fingerprint density at radius 3 is 2.24 bits per heavy atom. The minimum atomic E-state index is -0.189. The van der Waals surface area contributed by atoms with E-state index in [9.17, 15) is 14.4 Å². The summed E-state index contributed by atoms with van der Waals surface area (Å²) in [6.07, 6.45) is 1.33. The van der Waals surface area contributed by atoms with Crippen LogP contribution in [0.1, 0.15) is 30.9 Å². The molecule has 2 aromatic rings. The molecule has 0 saturated carbocycles. The quantitative estimate of drug-likeness (QED) is 0.597. The lowest BCUT2D eigenvalue weighted by molar-refractivity contribution is -0.121. The number of rotatable bonds is 7. The minimum Gasteiger partial charge on any atom is -0.495 e. The molecule has 1 aliphatic heterocycles. The van der Waals surface area contributed by atoms with Gasteiger partial charge in [-0.1, -0.05) is 6.07 Å². The van der Waals surface area contributed by atoms with Crippen LogP contribution in [0.5, 0.6) is 5.75 Å². The average molecular weight is 453 g/mol. The Bertz CT molecular complexity index is 1030. The van der Waals surface area contributed by atoms with Crippen molar-refractivity contribution in [2.45, 2.75) is 33.6 Å². The number of anilines is 3. The Balaban J connectivity index is 1.51. The molecule has 0 radical (unpaired) electrons. The number of methoxy groups -OCH3 is 1. The number of carbonyl (C=O) groups excluding carboxylic acids is 3. The molecule has 0 bridgehead atoms. The van der Waals surface area contributed by atoms with Crippen molar-refractivity contribution in [3.63, 3.8) is 0 Å². The number of carbonyl (C=O) groups is 3. The number of nitrogens with one attached hydrogen (secondary N) is 3. The Morgan fingerprint density at radius 1 is 0.939 bits per heavy atom. The van der Waals surface area contributed by atoms with E-state index in [1.54, 1.807) is 18.2 Å². The summed E-state index contributed by atoms with van der Waals surface area (Å²) in [6, 6.07) is 11.0. The van der Waals surface area contributed by atoms with Gasteiger partial charge in [-0.3, -0.25) is 19.3 Å². The van der Waals surface area contributed by atoms with E-state index >= 15 is 0 Å². The molecule has 0 aliphatic carbocycles. The van der Waals surface area contributed by atoms with Gasteiger partial charge in [0.25, 0.3) is 0 Å². The Kier molecular flexibility index (Phi) is 8.06. The molecule has 8 nitrogen and oxygen atoms in total. The molecule has 33 heavy (non-hydrogen) atoms. The number of aryl methyl sites for hydroxylation is 2. The fourth-order valence-corrected chi connectivity index (χ4v) is 3.90. The highest BCUT2D eigenvalue weighted by Gasteiger charge is 2.26. The molecule has 3 rings (SSSR count). The van der Waals surface area contributed by atoms with E-state index in [0.29, 0.717) is 49.6 Å². The van der Waals surface area contributed by atoms with Gasteiger partial charge in [0.15, 0.2) is 0 Å². The van der Waals surface area contributed by atoms with Crippen molar-refractivity contribution >= 4 is 34.8 Å². The van der Waals surface area contributed by atoms with E-state index in [4.69, 9.17) is 4.74 Å². The van der Waals surface area contributed by atoms with Crippen LogP contribution < -0.4 is 20.7 Å². The first-order valence-electron chi connectivity index (χ1n) is 11.1. The second-order valence-electron chi connectivity index (χ2n) is 8.48. The van der Waals surface area contributed by atoms with Gasteiger partial charge in [0, 0.05) is 24.2 Å². The summed E-state index contributed by atoms with van der Waals surface area (Å²) in [6.45, 7) is 7.12. The predicted octanol–water partition coefficient (Wildman–Crippen LogP) is 3.56. The lowest BCUT2D eigenvalue weighted by Crippen LogP contribution is -2.41. The van der Waals surface area contributed by atoms with Crippen molar-refractivity contribution in [1.82, 2.24) is 4.90 Å². The maximum atomic E-state index is 12.8. The summed E-state index contributed by atoms with van der Waals surface area (Å²) in [5, 5.41) is 8.59. The van der Waals surface area contributed by atoms with Crippen LogP contribution in [-0.4, -0.2) is 49.4 Å². The zero-order valence-corrected chi connectivity index (χ0v) is 19.7. The van der Waals surface area contributed by atoms with Crippen molar-refractivity contribution in [2.75, 3.05) is 42.7 Å². The standard InChI is InChI=1S/C25H32N4O4/c1-16-5-6-20(13-17(16)2)27-24(31)15-29-11-9-19(10-12-29)25(32)28-22-14-21(26-18(3)30)7-8-23(22)33-4/h5-8,13-14,19H,9-12,15H2,1-4H3,(H,26,30)(H,27,31)(H,28,32). The highest BCUT2D eigenvalue weighted by atomic mass is 16.5. The van der Waals surface area contributed by atoms with Crippen LogP contribution in [0.3, 0.4) is 0 Å². The molecule has 0 spiro atoms. The van der Waals surface area contributed by atoms with Crippen LogP contribution in [-0.2, 0) is 14.4 Å². The van der Waals surface area contributed by atoms with Crippen LogP contribution in [0.4, 0.5) is 17.1 Å². The monoisotopic (exact) mass is 452 g/mol. The molecule has 1 aliphatic rings. The molecule has 2 aromatic carbocycles. The lowest BCUT2D eigenvalue weighted by atomic mass is 9.95. The summed E-state index contributed by atoms with van der Waals surface area (Å²) in [5.74, 6) is 0.0376. The molecule has 176 valence electrons. The number of ether oxygens (including phenoxy) is 1. The summed E-state index contributed by atoms with van der Waals surface area (Å²) in [4.78, 5) is 38.7. The van der Waals surface area contributed by atoms with Crippen molar-refractivity contribution in [3.8, 4) is 5.75 Å². The van der Waals surface area contributed by atoms with E-state index < -0.39 is 0 Å². The van der Waals surface area contributed by atoms with Crippen LogP contribution >= 0.6 is 0 Å². The van der Waals surface area contributed by atoms with E-state index in [-0.39, 0.29) is 23.6 Å². The predicted molar refractivity (Wildman–Crippen MR) is 130 cm³/mol. The van der Waals surface area contributed by atoms with Crippen LogP contribution in [0.15, 0.2) is 36.4 Å². The molecule has 1 fully saturated rings. The summed E-state index contributed by atoms with van der Waals surface area (Å²) in [7, 11) is 1.53. The highest BCUT2D eigenvalue weighted by Crippen LogP contribution is 2.29. The molecule has 0 aromatic heterocycles. The summed E-state index contributed by atoms with van der Waals surface area (Å²) < 4.78 is 5.34. The van der Waals surface area contributed by atoms with Gasteiger partial charge in [0.05, 0.1) is 19.3 Å². The van der Waals surface area contributed by atoms with Gasteiger partial charge in [-0.25, -0.2) is 0 Å². The Labute approximate surface area is 194 Å². The van der Waals surface area contributed by atoms with E-state index in [2.05, 4.69) is 20.9 Å². The number of hydrogen-bond donors (Lipinski definition) is 3. The van der Waals surface area contributed by atoms with Gasteiger partial charge < -0.3 is 20.7 Å². The zero-order chi connectivity index (χ0) is 24.0. The summed E-state index contributed by atoms with van der Waals surface area (Å²) >= 11 is 0. The molecule has 3 amide bonds. The van der Waals surface area contributed by atoms with E-state index in [0.717, 1.165) is 11.3 Å². The van der Waals surface area contributed by atoms with Gasteiger partial charge in [-0.05, 0) is 81.2 Å². The summed E-state index contributed by atoms with van der Waals surface area (Å²) in [5.41, 5.74) is 4.23. The smallest absolute Gasteiger partial charge is 0.238 e. The van der Waals surface area contributed by atoms with E-state index in [1.807, 2.05) is 32.0 Å². The first-order valence-corrected chi connectivity index (χ1v) is 11.1. The maximum Gasteiger partial charge on any atom is 0.238 e. The Morgan fingerprint density at radius 2 is 1.61 bits per heavy atom. The number of benzene rings is 2. The fourth-order valence-electron chi connectivity index (χ4n) is 3.90. The van der Waals surface area contributed by atoms with Crippen molar-refractivity contribution in [1.29, 1.82) is 0 Å². The van der Waals surface area contributed by atoms with Crippen LogP contribution in [0.25, 0.3) is 0 Å².